The van der Waals surface area contributed by atoms with Gasteiger partial charge in [0, 0.05) is 35.8 Å². The van der Waals surface area contributed by atoms with E-state index in [-0.39, 0.29) is 18.9 Å². The molecule has 0 bridgehead atoms. The third-order valence-electron chi connectivity index (χ3n) is 6.70. The van der Waals surface area contributed by atoms with E-state index in [0.29, 0.717) is 34.7 Å². The molecule has 2 fully saturated rings. The molecular formula is C23H23FN4O4. The number of ether oxygens (including phenoxy) is 1. The summed E-state index contributed by atoms with van der Waals surface area (Å²) in [5.74, 6) is -1.51. The van der Waals surface area contributed by atoms with Gasteiger partial charge in [-0.3, -0.25) is 19.7 Å². The number of aromatic nitrogens is 2. The van der Waals surface area contributed by atoms with Crippen LogP contribution in [0.1, 0.15) is 31.7 Å². The summed E-state index contributed by atoms with van der Waals surface area (Å²) in [7, 11) is 0. The standard InChI is InChI=1S/C23H23FN4O4/c1-11-10-28-18-5-17(24)16(15-8-25-13(3)26-9-15)4-14(18)7-23(21(28)12(2)32-11)19(29)6-20(30)27-22(23)31/h4-5,8-9,11-12,21H,6-7,10H2,1-3H3,(H,27,30,31)/t11-,12+,21-,23?/m1/s1. The average molecular weight is 438 g/mol. The van der Waals surface area contributed by atoms with Gasteiger partial charge >= 0.3 is 0 Å². The molecule has 8 nitrogen and oxygen atoms in total. The number of hydrogen-bond acceptors (Lipinski definition) is 7. The minimum atomic E-state index is -1.49. The first kappa shape index (κ1) is 20.7. The van der Waals surface area contributed by atoms with Gasteiger partial charge in [0.15, 0.2) is 5.78 Å². The van der Waals surface area contributed by atoms with Crippen molar-refractivity contribution in [3.05, 3.63) is 41.7 Å². The first-order valence-electron chi connectivity index (χ1n) is 10.6. The van der Waals surface area contributed by atoms with E-state index in [2.05, 4.69) is 15.3 Å². The van der Waals surface area contributed by atoms with Crippen molar-refractivity contribution in [3.8, 4) is 11.1 Å². The zero-order chi connectivity index (χ0) is 22.8. The Hall–Kier alpha value is -3.20. The van der Waals surface area contributed by atoms with Gasteiger partial charge < -0.3 is 9.64 Å². The van der Waals surface area contributed by atoms with Crippen LogP contribution >= 0.6 is 0 Å². The molecule has 2 amide bonds. The van der Waals surface area contributed by atoms with Crippen LogP contribution in [-0.2, 0) is 25.5 Å². The molecule has 3 aliphatic rings. The number of imide groups is 1. The molecule has 1 aromatic carbocycles. The number of aryl methyl sites for hydroxylation is 1. The summed E-state index contributed by atoms with van der Waals surface area (Å²) < 4.78 is 21.2. The molecular weight excluding hydrogens is 415 g/mol. The molecule has 2 saturated heterocycles. The zero-order valence-corrected chi connectivity index (χ0v) is 18.0. The molecule has 4 atom stereocenters. The Morgan fingerprint density at radius 2 is 1.91 bits per heavy atom. The SMILES string of the molecule is Cc1ncc(-c2cc3c(cc2F)N2C[C@@H](C)O[C@@H](C)[C@@H]2C2(C3)C(=O)CC(=O)NC2=O)cn1. The lowest BCUT2D eigenvalue weighted by molar-refractivity contribution is -0.158. The number of carbonyl (C=O) groups is 3. The van der Waals surface area contributed by atoms with Crippen LogP contribution in [0.15, 0.2) is 24.5 Å². The number of rotatable bonds is 1. The van der Waals surface area contributed by atoms with Crippen LogP contribution in [0.2, 0.25) is 0 Å². The van der Waals surface area contributed by atoms with Gasteiger partial charge in [-0.15, -0.1) is 0 Å². The Morgan fingerprint density at radius 3 is 2.59 bits per heavy atom. The Kier molecular flexibility index (Phi) is 4.63. The van der Waals surface area contributed by atoms with Crippen LogP contribution in [0, 0.1) is 18.2 Å². The highest BCUT2D eigenvalue weighted by Crippen LogP contribution is 2.48. The van der Waals surface area contributed by atoms with Crippen LogP contribution in [-0.4, -0.2) is 52.4 Å². The van der Waals surface area contributed by atoms with Gasteiger partial charge in [0.05, 0.1) is 24.7 Å². The smallest absolute Gasteiger partial charge is 0.242 e. The van der Waals surface area contributed by atoms with Crippen molar-refractivity contribution in [3.63, 3.8) is 0 Å². The summed E-state index contributed by atoms with van der Waals surface area (Å²) in [6.07, 6.45) is 2.13. The zero-order valence-electron chi connectivity index (χ0n) is 18.0. The molecule has 4 heterocycles. The molecule has 1 aromatic heterocycles. The van der Waals surface area contributed by atoms with Crippen molar-refractivity contribution in [1.82, 2.24) is 15.3 Å². The number of benzene rings is 1. The predicted octanol–water partition coefficient (Wildman–Crippen LogP) is 1.73. The fourth-order valence-electron chi connectivity index (χ4n) is 5.41. The average Bonchev–Trinajstić information content (AvgIpc) is 2.72. The highest BCUT2D eigenvalue weighted by molar-refractivity contribution is 6.22. The van der Waals surface area contributed by atoms with Crippen molar-refractivity contribution in [2.45, 2.75) is 51.9 Å². The number of amides is 2. The van der Waals surface area contributed by atoms with E-state index in [0.717, 1.165) is 0 Å². The van der Waals surface area contributed by atoms with Gasteiger partial charge in [-0.05, 0) is 44.9 Å². The molecule has 1 unspecified atom stereocenters. The van der Waals surface area contributed by atoms with Crippen molar-refractivity contribution in [2.75, 3.05) is 11.4 Å². The summed E-state index contributed by atoms with van der Waals surface area (Å²) in [4.78, 5) is 48.6. The van der Waals surface area contributed by atoms with E-state index in [4.69, 9.17) is 4.74 Å². The van der Waals surface area contributed by atoms with Gasteiger partial charge in [0.1, 0.15) is 17.1 Å². The maximum Gasteiger partial charge on any atom is 0.242 e. The molecule has 0 radical (unpaired) electrons. The van der Waals surface area contributed by atoms with Gasteiger partial charge in [0.25, 0.3) is 0 Å². The third-order valence-corrected chi connectivity index (χ3v) is 6.70. The number of hydrogen-bond donors (Lipinski definition) is 1. The number of halogens is 1. The van der Waals surface area contributed by atoms with Crippen LogP contribution in [0.4, 0.5) is 10.1 Å². The lowest BCUT2D eigenvalue weighted by atomic mass is 9.63. The van der Waals surface area contributed by atoms with Crippen molar-refractivity contribution in [1.29, 1.82) is 0 Å². The first-order valence-corrected chi connectivity index (χ1v) is 10.6. The lowest BCUT2D eigenvalue weighted by Crippen LogP contribution is -2.72. The van der Waals surface area contributed by atoms with Crippen molar-refractivity contribution >= 4 is 23.3 Å². The number of nitrogens with one attached hydrogen (secondary N) is 1. The van der Waals surface area contributed by atoms with Crippen LogP contribution in [0.3, 0.4) is 0 Å². The summed E-state index contributed by atoms with van der Waals surface area (Å²) >= 11 is 0. The van der Waals surface area contributed by atoms with E-state index in [9.17, 15) is 14.4 Å². The Labute approximate surface area is 184 Å². The van der Waals surface area contributed by atoms with E-state index < -0.39 is 41.0 Å². The maximum atomic E-state index is 15.3. The number of Topliss-reactive ketones (excluding diaryl/α,β-unsaturated/α-hetero) is 1. The lowest BCUT2D eigenvalue weighted by Gasteiger charge is -2.55. The molecule has 32 heavy (non-hydrogen) atoms. The summed E-state index contributed by atoms with van der Waals surface area (Å²) in [6.45, 7) is 5.84. The largest absolute Gasteiger partial charge is 0.372 e. The van der Waals surface area contributed by atoms with Crippen LogP contribution < -0.4 is 10.2 Å². The fourth-order valence-corrected chi connectivity index (χ4v) is 5.41. The predicted molar refractivity (Wildman–Crippen MR) is 112 cm³/mol. The molecule has 1 spiro atoms. The summed E-state index contributed by atoms with van der Waals surface area (Å²) in [5, 5.41) is 2.35. The minimum absolute atomic E-state index is 0.0591. The number of anilines is 1. The van der Waals surface area contributed by atoms with E-state index in [1.54, 1.807) is 25.4 Å². The van der Waals surface area contributed by atoms with E-state index in [1.807, 2.05) is 18.7 Å². The highest BCUT2D eigenvalue weighted by atomic mass is 19.1. The highest BCUT2D eigenvalue weighted by Gasteiger charge is 2.62. The molecule has 3 aliphatic heterocycles. The summed E-state index contributed by atoms with van der Waals surface area (Å²) in [6, 6.07) is 2.48. The van der Waals surface area contributed by atoms with Crippen LogP contribution in [0.25, 0.3) is 11.1 Å². The Balaban J connectivity index is 1.70. The number of carbonyl (C=O) groups excluding carboxylic acids is 3. The van der Waals surface area contributed by atoms with Gasteiger partial charge in [-0.25, -0.2) is 14.4 Å². The van der Waals surface area contributed by atoms with E-state index in [1.165, 1.54) is 6.07 Å². The second-order valence-corrected chi connectivity index (χ2v) is 8.85. The molecule has 5 rings (SSSR count). The molecule has 0 aliphatic carbocycles. The second-order valence-electron chi connectivity index (χ2n) is 8.85. The summed E-state index contributed by atoms with van der Waals surface area (Å²) in [5.41, 5.74) is 0.614. The monoisotopic (exact) mass is 438 g/mol. The van der Waals surface area contributed by atoms with Gasteiger partial charge in [0.2, 0.25) is 11.8 Å². The number of nitrogens with zero attached hydrogens (tertiary/aromatic N) is 3. The molecule has 2 aromatic rings. The number of ketones is 1. The van der Waals surface area contributed by atoms with Crippen molar-refractivity contribution in [2.24, 2.45) is 5.41 Å². The molecule has 9 heteroatoms. The number of piperidine rings is 1. The molecule has 1 N–H and O–H groups in total. The van der Waals surface area contributed by atoms with Gasteiger partial charge in [-0.1, -0.05) is 0 Å². The topological polar surface area (TPSA) is 101 Å². The molecule has 0 saturated carbocycles. The first-order chi connectivity index (χ1) is 15.2. The van der Waals surface area contributed by atoms with Gasteiger partial charge in [-0.2, -0.15) is 0 Å². The maximum absolute atomic E-state index is 15.3. The number of fused-ring (bicyclic) bond motifs is 4. The second kappa shape index (κ2) is 7.16. The fraction of sp³-hybridized carbons (Fsp3) is 0.435. The normalized spacial score (nSPS) is 29.6. The molecule has 166 valence electrons. The van der Waals surface area contributed by atoms with Crippen molar-refractivity contribution < 1.29 is 23.5 Å². The van der Waals surface area contributed by atoms with Crippen LogP contribution in [0.5, 0.6) is 0 Å². The third kappa shape index (κ3) is 2.95. The Bertz CT molecular complexity index is 1130. The Morgan fingerprint density at radius 1 is 1.19 bits per heavy atom. The van der Waals surface area contributed by atoms with E-state index >= 15 is 4.39 Å². The quantitative estimate of drug-likeness (QED) is 0.534. The minimum Gasteiger partial charge on any atom is -0.372 e. The number of morpholine rings is 1.